The molecule has 5 rings (SSSR count). The standard InChI is InChI=1S/C27H22N4OS/c1-2-31-23-9-5-3-7-19(23)21-14-17(11-12-24(21)31)13-18(15-28)26(32)30-27-22(16-29)20-8-4-6-10-25(20)33-27/h3,5,7,9,11-14H,2,4,6,8,10H2,1H3,(H,30,32)/b18-13+. The number of carbonyl (C=O) groups is 1. The van der Waals surface area contributed by atoms with Crippen molar-refractivity contribution in [2.75, 3.05) is 5.32 Å². The van der Waals surface area contributed by atoms with E-state index in [1.54, 1.807) is 6.08 Å². The highest BCUT2D eigenvalue weighted by Gasteiger charge is 2.22. The predicted molar refractivity (Wildman–Crippen MR) is 133 cm³/mol. The van der Waals surface area contributed by atoms with Gasteiger partial charge in [-0.1, -0.05) is 24.3 Å². The van der Waals surface area contributed by atoms with Gasteiger partial charge in [-0.25, -0.2) is 0 Å². The second kappa shape index (κ2) is 8.58. The number of fused-ring (bicyclic) bond motifs is 4. The number of hydrogen-bond donors (Lipinski definition) is 1. The van der Waals surface area contributed by atoms with E-state index in [0.29, 0.717) is 10.6 Å². The van der Waals surface area contributed by atoms with Crippen LogP contribution in [0, 0.1) is 22.7 Å². The summed E-state index contributed by atoms with van der Waals surface area (Å²) in [6.45, 7) is 2.98. The van der Waals surface area contributed by atoms with Crippen LogP contribution in [0.15, 0.2) is 48.0 Å². The SMILES string of the molecule is CCn1c2ccccc2c2cc(/C=C(\C#N)C(=O)Nc3sc4c(c3C#N)CCCC4)ccc21. The normalized spacial score (nSPS) is 13.5. The molecule has 0 aliphatic heterocycles. The van der Waals surface area contributed by atoms with Crippen molar-refractivity contribution >= 4 is 50.1 Å². The van der Waals surface area contributed by atoms with Gasteiger partial charge in [0.05, 0.1) is 5.56 Å². The maximum Gasteiger partial charge on any atom is 0.266 e. The smallest absolute Gasteiger partial charge is 0.266 e. The second-order valence-electron chi connectivity index (χ2n) is 8.19. The number of aryl methyl sites for hydroxylation is 2. The summed E-state index contributed by atoms with van der Waals surface area (Å²) < 4.78 is 2.26. The third-order valence-electron chi connectivity index (χ3n) is 6.30. The van der Waals surface area contributed by atoms with Crippen molar-refractivity contribution in [1.29, 1.82) is 10.5 Å². The van der Waals surface area contributed by atoms with Crippen LogP contribution in [0.2, 0.25) is 0 Å². The highest BCUT2D eigenvalue weighted by atomic mass is 32.1. The van der Waals surface area contributed by atoms with Gasteiger partial charge in [0.2, 0.25) is 0 Å². The van der Waals surface area contributed by atoms with Crippen LogP contribution in [0.3, 0.4) is 0 Å². The van der Waals surface area contributed by atoms with Crippen LogP contribution in [-0.4, -0.2) is 10.5 Å². The second-order valence-corrected chi connectivity index (χ2v) is 9.29. The van der Waals surface area contributed by atoms with E-state index in [0.717, 1.165) is 59.6 Å². The number of amides is 1. The average molecular weight is 451 g/mol. The average Bonchev–Trinajstić information content (AvgIpc) is 3.36. The van der Waals surface area contributed by atoms with Crippen molar-refractivity contribution < 1.29 is 4.79 Å². The number of nitrogens with one attached hydrogen (secondary N) is 1. The molecule has 0 spiro atoms. The van der Waals surface area contributed by atoms with Gasteiger partial charge in [-0.05, 0) is 68.0 Å². The monoisotopic (exact) mass is 450 g/mol. The van der Waals surface area contributed by atoms with Crippen molar-refractivity contribution in [1.82, 2.24) is 4.57 Å². The molecule has 4 aromatic rings. The Bertz CT molecular complexity index is 1520. The quantitative estimate of drug-likeness (QED) is 0.298. The fourth-order valence-electron chi connectivity index (χ4n) is 4.76. The molecule has 0 saturated heterocycles. The molecule has 1 aliphatic rings. The van der Waals surface area contributed by atoms with Crippen molar-refractivity contribution in [3.8, 4) is 12.1 Å². The first-order valence-electron chi connectivity index (χ1n) is 11.1. The summed E-state index contributed by atoms with van der Waals surface area (Å²) in [4.78, 5) is 14.1. The molecular weight excluding hydrogens is 428 g/mol. The number of para-hydroxylation sites is 1. The van der Waals surface area contributed by atoms with Crippen LogP contribution in [0.25, 0.3) is 27.9 Å². The summed E-state index contributed by atoms with van der Waals surface area (Å²) in [7, 11) is 0. The minimum absolute atomic E-state index is 0.0174. The highest BCUT2D eigenvalue weighted by molar-refractivity contribution is 7.16. The van der Waals surface area contributed by atoms with Crippen LogP contribution < -0.4 is 5.32 Å². The van der Waals surface area contributed by atoms with Crippen LogP contribution in [0.5, 0.6) is 0 Å². The van der Waals surface area contributed by atoms with Gasteiger partial charge in [0.15, 0.2) is 0 Å². The fraction of sp³-hybridized carbons (Fsp3) is 0.222. The lowest BCUT2D eigenvalue weighted by atomic mass is 9.96. The number of thiophene rings is 1. The zero-order valence-electron chi connectivity index (χ0n) is 18.3. The van der Waals surface area contributed by atoms with Crippen molar-refractivity contribution in [3.63, 3.8) is 0 Å². The largest absolute Gasteiger partial charge is 0.341 e. The number of anilines is 1. The van der Waals surface area contributed by atoms with Crippen molar-refractivity contribution in [2.24, 2.45) is 0 Å². The molecule has 1 aliphatic carbocycles. The molecule has 5 nitrogen and oxygen atoms in total. The van der Waals surface area contributed by atoms with E-state index in [4.69, 9.17) is 0 Å². The predicted octanol–water partition coefficient (Wildman–Crippen LogP) is 6.17. The van der Waals surface area contributed by atoms with E-state index in [-0.39, 0.29) is 5.57 Å². The first kappa shape index (κ1) is 21.0. The summed E-state index contributed by atoms with van der Waals surface area (Å²) in [5.41, 5.74) is 4.71. The molecule has 0 radical (unpaired) electrons. The molecule has 6 heteroatoms. The molecule has 2 aromatic carbocycles. The maximum absolute atomic E-state index is 12.9. The molecule has 0 atom stereocenters. The summed E-state index contributed by atoms with van der Waals surface area (Å²) in [5, 5.41) is 25.0. The molecule has 33 heavy (non-hydrogen) atoms. The van der Waals surface area contributed by atoms with E-state index in [9.17, 15) is 15.3 Å². The molecule has 162 valence electrons. The Hall–Kier alpha value is -3.87. The molecule has 0 unspecified atom stereocenters. The molecule has 1 amide bonds. The van der Waals surface area contributed by atoms with E-state index in [2.05, 4.69) is 35.0 Å². The third kappa shape index (κ3) is 3.59. The first-order valence-corrected chi connectivity index (χ1v) is 11.9. The molecule has 1 N–H and O–H groups in total. The molecule has 2 aromatic heterocycles. The summed E-state index contributed by atoms with van der Waals surface area (Å²) in [5.74, 6) is -0.483. The fourth-order valence-corrected chi connectivity index (χ4v) is 5.99. The van der Waals surface area contributed by atoms with Gasteiger partial charge in [0.1, 0.15) is 22.7 Å². The van der Waals surface area contributed by atoms with Crippen molar-refractivity contribution in [3.05, 3.63) is 69.6 Å². The summed E-state index contributed by atoms with van der Waals surface area (Å²) in [6.07, 6.45) is 5.60. The van der Waals surface area contributed by atoms with Crippen LogP contribution in [0.1, 0.15) is 41.3 Å². The molecule has 0 fully saturated rings. The zero-order chi connectivity index (χ0) is 22.9. The lowest BCUT2D eigenvalue weighted by Gasteiger charge is -2.09. The highest BCUT2D eigenvalue weighted by Crippen LogP contribution is 2.38. The molecule has 2 heterocycles. The summed E-state index contributed by atoms with van der Waals surface area (Å²) in [6, 6.07) is 18.5. The Morgan fingerprint density at radius 2 is 1.91 bits per heavy atom. The number of nitriles is 2. The third-order valence-corrected chi connectivity index (χ3v) is 7.51. The van der Waals surface area contributed by atoms with Gasteiger partial charge in [0.25, 0.3) is 5.91 Å². The Balaban J connectivity index is 1.50. The number of nitrogens with zero attached hydrogens (tertiary/aromatic N) is 3. The van der Waals surface area contributed by atoms with Gasteiger partial charge >= 0.3 is 0 Å². The van der Waals surface area contributed by atoms with Crippen LogP contribution in [0.4, 0.5) is 5.00 Å². The first-order chi connectivity index (χ1) is 16.1. The van der Waals surface area contributed by atoms with Crippen LogP contribution >= 0.6 is 11.3 Å². The zero-order valence-corrected chi connectivity index (χ0v) is 19.1. The minimum atomic E-state index is -0.483. The molecule has 0 bridgehead atoms. The number of hydrogen-bond acceptors (Lipinski definition) is 4. The van der Waals surface area contributed by atoms with Gasteiger partial charge in [-0.3, -0.25) is 4.79 Å². The van der Waals surface area contributed by atoms with E-state index >= 15 is 0 Å². The number of carbonyl (C=O) groups excluding carboxylic acids is 1. The lowest BCUT2D eigenvalue weighted by molar-refractivity contribution is -0.112. The Morgan fingerprint density at radius 3 is 2.70 bits per heavy atom. The van der Waals surface area contributed by atoms with E-state index in [1.807, 2.05) is 36.4 Å². The molecular formula is C27H22N4OS. The maximum atomic E-state index is 12.9. The van der Waals surface area contributed by atoms with E-state index in [1.165, 1.54) is 21.7 Å². The number of benzene rings is 2. The van der Waals surface area contributed by atoms with Crippen molar-refractivity contribution in [2.45, 2.75) is 39.2 Å². The van der Waals surface area contributed by atoms with E-state index < -0.39 is 5.91 Å². The Kier molecular flexibility index (Phi) is 5.46. The molecule has 0 saturated carbocycles. The minimum Gasteiger partial charge on any atom is -0.341 e. The topological polar surface area (TPSA) is 81.6 Å². The van der Waals surface area contributed by atoms with Gasteiger partial charge < -0.3 is 9.88 Å². The Morgan fingerprint density at radius 1 is 1.12 bits per heavy atom. The van der Waals surface area contributed by atoms with Gasteiger partial charge in [-0.2, -0.15) is 10.5 Å². The Labute approximate surface area is 196 Å². The van der Waals surface area contributed by atoms with Crippen LogP contribution in [-0.2, 0) is 24.2 Å². The van der Waals surface area contributed by atoms with Gasteiger partial charge in [0, 0.05) is 33.2 Å². The summed E-state index contributed by atoms with van der Waals surface area (Å²) >= 11 is 1.46. The van der Waals surface area contributed by atoms with Gasteiger partial charge in [-0.15, -0.1) is 11.3 Å². The lowest BCUT2D eigenvalue weighted by Crippen LogP contribution is -2.13. The number of rotatable bonds is 4. The number of aromatic nitrogens is 1.